The lowest BCUT2D eigenvalue weighted by Gasteiger charge is -2.29. The predicted molar refractivity (Wildman–Crippen MR) is 146 cm³/mol. The zero-order chi connectivity index (χ0) is 27.8. The summed E-state index contributed by atoms with van der Waals surface area (Å²) in [6.45, 7) is 7.88. The molecule has 11 heteroatoms. The molecule has 1 aliphatic heterocycles. The van der Waals surface area contributed by atoms with Crippen LogP contribution < -0.4 is 15.0 Å². The van der Waals surface area contributed by atoms with Gasteiger partial charge in [0.1, 0.15) is 23.7 Å². The fraction of sp³-hybridized carbons (Fsp3) is 0.321. The molecule has 0 unspecified atom stereocenters. The molecular formula is C28H31F3N6O2. The van der Waals surface area contributed by atoms with Gasteiger partial charge in [-0.05, 0) is 80.0 Å². The Morgan fingerprint density at radius 3 is 2.51 bits per heavy atom. The fourth-order valence-electron chi connectivity index (χ4n) is 3.98. The van der Waals surface area contributed by atoms with Crippen LogP contribution in [-0.4, -0.2) is 53.6 Å². The lowest BCUT2D eigenvalue weighted by atomic mass is 10.1. The van der Waals surface area contributed by atoms with Crippen LogP contribution in [0, 0.1) is 6.92 Å². The topological polar surface area (TPSA) is 76.8 Å². The van der Waals surface area contributed by atoms with Crippen LogP contribution in [0.2, 0.25) is 0 Å². The van der Waals surface area contributed by atoms with E-state index in [0.717, 1.165) is 23.4 Å². The van der Waals surface area contributed by atoms with Crippen LogP contribution in [0.25, 0.3) is 11.3 Å². The van der Waals surface area contributed by atoms with Crippen LogP contribution in [0.4, 0.5) is 24.5 Å². The standard InChI is InChI=1S/C28H31F3N6O2/c1-4-5-27(34-23-6-8-24(9-7-23)37-19-33-21(3)35-37)32-11-10-20(2)22-16-25(36-12-14-38-15-13-36)18-26(17-22)39-28(29,30)31/h5-11,16-19,34H,4,12-15H2,1-3H3/b20-10+,27-5-,32-11-. The molecule has 0 saturated carbocycles. The van der Waals surface area contributed by atoms with E-state index < -0.39 is 6.36 Å². The van der Waals surface area contributed by atoms with E-state index in [1.807, 2.05) is 62.1 Å². The first-order valence-corrected chi connectivity index (χ1v) is 12.6. The summed E-state index contributed by atoms with van der Waals surface area (Å²) in [5.74, 6) is 1.08. The van der Waals surface area contributed by atoms with Crippen LogP contribution >= 0.6 is 0 Å². The zero-order valence-electron chi connectivity index (χ0n) is 22.1. The van der Waals surface area contributed by atoms with Gasteiger partial charge in [-0.1, -0.05) is 6.92 Å². The van der Waals surface area contributed by atoms with Crippen molar-refractivity contribution in [3.05, 3.63) is 78.2 Å². The average Bonchev–Trinajstić information content (AvgIpc) is 3.34. The number of allylic oxidation sites excluding steroid dienone is 3. The molecule has 2 aromatic carbocycles. The molecule has 3 aromatic rings. The number of hydrogen-bond donors (Lipinski definition) is 1. The number of morpholine rings is 1. The number of aliphatic imine (C=N–C) groups is 1. The van der Waals surface area contributed by atoms with Gasteiger partial charge in [0.15, 0.2) is 0 Å². The minimum absolute atomic E-state index is 0.260. The summed E-state index contributed by atoms with van der Waals surface area (Å²) < 4.78 is 50.3. The van der Waals surface area contributed by atoms with Gasteiger partial charge in [-0.15, -0.1) is 13.2 Å². The zero-order valence-corrected chi connectivity index (χ0v) is 22.1. The summed E-state index contributed by atoms with van der Waals surface area (Å²) in [5, 5.41) is 7.60. The van der Waals surface area contributed by atoms with Gasteiger partial charge >= 0.3 is 6.36 Å². The van der Waals surface area contributed by atoms with Gasteiger partial charge in [-0.3, -0.25) is 0 Å². The molecule has 0 aliphatic carbocycles. The van der Waals surface area contributed by atoms with Crippen molar-refractivity contribution in [3.63, 3.8) is 0 Å². The second kappa shape index (κ2) is 12.6. The van der Waals surface area contributed by atoms with Crippen molar-refractivity contribution in [2.75, 3.05) is 36.5 Å². The van der Waals surface area contributed by atoms with Gasteiger partial charge in [-0.25, -0.2) is 14.7 Å². The highest BCUT2D eigenvalue weighted by Gasteiger charge is 2.31. The monoisotopic (exact) mass is 540 g/mol. The first-order chi connectivity index (χ1) is 18.7. The third-order valence-corrected chi connectivity index (χ3v) is 5.90. The van der Waals surface area contributed by atoms with Crippen LogP contribution in [-0.2, 0) is 4.74 Å². The third-order valence-electron chi connectivity index (χ3n) is 5.90. The number of aromatic nitrogens is 3. The summed E-state index contributed by atoms with van der Waals surface area (Å²) >= 11 is 0. The molecule has 8 nitrogen and oxygen atoms in total. The molecule has 0 radical (unpaired) electrons. The third kappa shape index (κ3) is 8.18. The average molecular weight is 541 g/mol. The smallest absolute Gasteiger partial charge is 0.406 e. The highest BCUT2D eigenvalue weighted by atomic mass is 19.4. The van der Waals surface area contributed by atoms with E-state index in [0.29, 0.717) is 49.2 Å². The minimum atomic E-state index is -4.78. The van der Waals surface area contributed by atoms with Crippen molar-refractivity contribution in [2.24, 2.45) is 4.99 Å². The van der Waals surface area contributed by atoms with Crippen molar-refractivity contribution < 1.29 is 22.6 Å². The molecule has 1 aromatic heterocycles. The molecule has 0 bridgehead atoms. The van der Waals surface area contributed by atoms with Crippen LogP contribution in [0.5, 0.6) is 5.75 Å². The number of alkyl halides is 3. The Morgan fingerprint density at radius 1 is 1.13 bits per heavy atom. The number of anilines is 2. The number of aryl methyl sites for hydroxylation is 1. The summed E-state index contributed by atoms with van der Waals surface area (Å²) in [6.07, 6.45) is 2.98. The SMILES string of the molecule is CC/C=C(/N=C\C=C(/C)c1cc(OC(F)(F)F)cc(N2CCOCC2)c1)Nc1ccc(-n2cnc(C)n2)cc1. The van der Waals surface area contributed by atoms with Crippen molar-refractivity contribution in [1.29, 1.82) is 0 Å². The Balaban J connectivity index is 1.50. The van der Waals surface area contributed by atoms with Crippen LogP contribution in [0.1, 0.15) is 31.7 Å². The summed E-state index contributed by atoms with van der Waals surface area (Å²) in [4.78, 5) is 10.7. The maximum absolute atomic E-state index is 13.0. The number of nitrogens with zero attached hydrogens (tertiary/aromatic N) is 5. The molecule has 1 fully saturated rings. The Bertz CT molecular complexity index is 1340. The normalized spacial score (nSPS) is 15.2. The van der Waals surface area contributed by atoms with E-state index in [9.17, 15) is 13.2 Å². The Hall–Kier alpha value is -4.12. The van der Waals surface area contributed by atoms with E-state index in [2.05, 4.69) is 25.1 Å². The molecule has 1 saturated heterocycles. The van der Waals surface area contributed by atoms with E-state index in [4.69, 9.17) is 4.74 Å². The molecule has 2 heterocycles. The number of ether oxygens (including phenoxy) is 2. The van der Waals surface area contributed by atoms with Gasteiger partial charge in [0.05, 0.1) is 18.9 Å². The molecule has 1 aliphatic rings. The van der Waals surface area contributed by atoms with E-state index in [1.165, 1.54) is 12.1 Å². The molecule has 0 spiro atoms. The second-order valence-corrected chi connectivity index (χ2v) is 8.90. The molecule has 206 valence electrons. The van der Waals surface area contributed by atoms with E-state index in [1.54, 1.807) is 23.3 Å². The van der Waals surface area contributed by atoms with Crippen LogP contribution in [0.15, 0.2) is 71.8 Å². The minimum Gasteiger partial charge on any atom is -0.406 e. The number of rotatable bonds is 9. The van der Waals surface area contributed by atoms with E-state index in [-0.39, 0.29) is 5.75 Å². The lowest BCUT2D eigenvalue weighted by molar-refractivity contribution is -0.274. The fourth-order valence-corrected chi connectivity index (χ4v) is 3.98. The molecule has 4 rings (SSSR count). The van der Waals surface area contributed by atoms with Crippen molar-refractivity contribution in [1.82, 2.24) is 14.8 Å². The van der Waals surface area contributed by atoms with Gasteiger partial charge < -0.3 is 19.7 Å². The first kappa shape index (κ1) is 27.9. The van der Waals surface area contributed by atoms with Gasteiger partial charge in [0.2, 0.25) is 0 Å². The largest absolute Gasteiger partial charge is 0.573 e. The first-order valence-electron chi connectivity index (χ1n) is 12.6. The lowest BCUT2D eigenvalue weighted by Crippen LogP contribution is -2.36. The quantitative estimate of drug-likeness (QED) is 0.328. The van der Waals surface area contributed by atoms with Crippen molar-refractivity contribution in [3.8, 4) is 11.4 Å². The highest BCUT2D eigenvalue weighted by Crippen LogP contribution is 2.32. The molecule has 0 atom stereocenters. The van der Waals surface area contributed by atoms with Crippen molar-refractivity contribution >= 4 is 23.2 Å². The Kier molecular flexibility index (Phi) is 9.03. The summed E-state index contributed by atoms with van der Waals surface area (Å²) in [6, 6.07) is 12.3. The van der Waals surface area contributed by atoms with Crippen molar-refractivity contribution in [2.45, 2.75) is 33.6 Å². The molecule has 39 heavy (non-hydrogen) atoms. The molecular weight excluding hydrogens is 509 g/mol. The maximum Gasteiger partial charge on any atom is 0.573 e. The summed E-state index contributed by atoms with van der Waals surface area (Å²) in [7, 11) is 0. The van der Waals surface area contributed by atoms with E-state index >= 15 is 0 Å². The number of halogens is 3. The van der Waals surface area contributed by atoms with Crippen LogP contribution in [0.3, 0.4) is 0 Å². The Labute approximate surface area is 225 Å². The summed E-state index contributed by atoms with van der Waals surface area (Å²) in [5.41, 5.74) is 3.73. The van der Waals surface area contributed by atoms with Gasteiger partial charge in [-0.2, -0.15) is 5.10 Å². The Morgan fingerprint density at radius 2 is 1.87 bits per heavy atom. The maximum atomic E-state index is 13.0. The molecule has 1 N–H and O–H groups in total. The molecule has 0 amide bonds. The second-order valence-electron chi connectivity index (χ2n) is 8.90. The highest BCUT2D eigenvalue weighted by molar-refractivity contribution is 5.85. The van der Waals surface area contributed by atoms with Gasteiger partial charge in [0.25, 0.3) is 0 Å². The van der Waals surface area contributed by atoms with Gasteiger partial charge in [0, 0.05) is 36.7 Å². The number of hydrogen-bond acceptors (Lipinski definition) is 7. The predicted octanol–water partition coefficient (Wildman–Crippen LogP) is 6.15. The number of nitrogens with one attached hydrogen (secondary N) is 1. The number of benzene rings is 2.